The minimum Gasteiger partial charge on any atom is -0.396 e. The zero-order valence-corrected chi connectivity index (χ0v) is 10.0. The SMILES string of the molecule is Cn1ncc(N)c1-c1cc(C(F)(F)F)ccc1Cl. The van der Waals surface area contributed by atoms with E-state index in [1.54, 1.807) is 7.05 Å². The molecule has 1 aromatic carbocycles. The van der Waals surface area contributed by atoms with Crippen LogP contribution in [0.2, 0.25) is 5.02 Å². The van der Waals surface area contributed by atoms with E-state index in [2.05, 4.69) is 5.10 Å². The van der Waals surface area contributed by atoms with Crippen molar-refractivity contribution in [3.05, 3.63) is 35.0 Å². The average Bonchev–Trinajstić information content (AvgIpc) is 2.58. The van der Waals surface area contributed by atoms with E-state index < -0.39 is 11.7 Å². The van der Waals surface area contributed by atoms with Gasteiger partial charge in [0.05, 0.1) is 28.2 Å². The highest BCUT2D eigenvalue weighted by Crippen LogP contribution is 2.37. The Kier molecular flexibility index (Phi) is 2.98. The van der Waals surface area contributed by atoms with Gasteiger partial charge in [0.1, 0.15) is 0 Å². The van der Waals surface area contributed by atoms with Gasteiger partial charge in [0.25, 0.3) is 0 Å². The van der Waals surface area contributed by atoms with Gasteiger partial charge in [-0.15, -0.1) is 0 Å². The van der Waals surface area contributed by atoms with E-state index in [0.717, 1.165) is 12.1 Å². The maximum Gasteiger partial charge on any atom is 0.416 e. The Labute approximate surface area is 106 Å². The molecule has 3 nitrogen and oxygen atoms in total. The molecule has 0 amide bonds. The Morgan fingerprint density at radius 3 is 2.50 bits per heavy atom. The molecule has 0 unspecified atom stereocenters. The third-order valence-electron chi connectivity index (χ3n) is 2.52. The normalized spacial score (nSPS) is 11.8. The van der Waals surface area contributed by atoms with Gasteiger partial charge in [-0.2, -0.15) is 18.3 Å². The Morgan fingerprint density at radius 2 is 2.00 bits per heavy atom. The fourth-order valence-corrected chi connectivity index (χ4v) is 1.87. The average molecular weight is 276 g/mol. The van der Waals surface area contributed by atoms with Crippen LogP contribution in [-0.2, 0) is 13.2 Å². The van der Waals surface area contributed by atoms with Crippen LogP contribution in [0.1, 0.15) is 5.56 Å². The summed E-state index contributed by atoms with van der Waals surface area (Å²) < 4.78 is 39.3. The molecule has 1 aromatic heterocycles. The second kappa shape index (κ2) is 4.20. The third-order valence-corrected chi connectivity index (χ3v) is 2.85. The van der Waals surface area contributed by atoms with Gasteiger partial charge in [-0.05, 0) is 18.2 Å². The highest BCUT2D eigenvalue weighted by molar-refractivity contribution is 6.33. The van der Waals surface area contributed by atoms with E-state index in [4.69, 9.17) is 17.3 Å². The van der Waals surface area contributed by atoms with Crippen LogP contribution in [0.25, 0.3) is 11.3 Å². The Morgan fingerprint density at radius 1 is 1.33 bits per heavy atom. The Bertz CT molecular complexity index is 570. The molecule has 7 heteroatoms. The van der Waals surface area contributed by atoms with Crippen LogP contribution in [0.15, 0.2) is 24.4 Å². The van der Waals surface area contributed by atoms with E-state index in [9.17, 15) is 13.2 Å². The first-order valence-electron chi connectivity index (χ1n) is 4.95. The van der Waals surface area contributed by atoms with Crippen LogP contribution in [0.3, 0.4) is 0 Å². The van der Waals surface area contributed by atoms with Crippen molar-refractivity contribution in [3.8, 4) is 11.3 Å². The maximum atomic E-state index is 12.6. The molecule has 0 fully saturated rings. The summed E-state index contributed by atoms with van der Waals surface area (Å²) in [6, 6.07) is 3.10. The first-order chi connectivity index (χ1) is 8.30. The number of benzene rings is 1. The Hall–Kier alpha value is -1.69. The molecule has 0 spiro atoms. The van der Waals surface area contributed by atoms with Crippen LogP contribution in [-0.4, -0.2) is 9.78 Å². The lowest BCUT2D eigenvalue weighted by Gasteiger charge is -2.11. The van der Waals surface area contributed by atoms with Gasteiger partial charge in [0.15, 0.2) is 0 Å². The van der Waals surface area contributed by atoms with Crippen LogP contribution in [0, 0.1) is 0 Å². The van der Waals surface area contributed by atoms with Gasteiger partial charge < -0.3 is 5.73 Å². The van der Waals surface area contributed by atoms with Crippen LogP contribution in [0.4, 0.5) is 18.9 Å². The number of hydrogen-bond donors (Lipinski definition) is 1. The molecule has 0 saturated carbocycles. The minimum absolute atomic E-state index is 0.193. The van der Waals surface area contributed by atoms with Crippen molar-refractivity contribution < 1.29 is 13.2 Å². The summed E-state index contributed by atoms with van der Waals surface area (Å²) >= 11 is 5.92. The van der Waals surface area contributed by atoms with E-state index in [1.807, 2.05) is 0 Å². The number of aryl methyl sites for hydroxylation is 1. The number of nitrogens with zero attached hydrogens (tertiary/aromatic N) is 2. The molecule has 2 rings (SSSR count). The number of alkyl halides is 3. The van der Waals surface area contributed by atoms with Crippen molar-refractivity contribution in [2.45, 2.75) is 6.18 Å². The first kappa shape index (κ1) is 12.8. The molecule has 96 valence electrons. The minimum atomic E-state index is -4.42. The number of hydrogen-bond acceptors (Lipinski definition) is 2. The molecule has 0 aliphatic heterocycles. The summed E-state index contributed by atoms with van der Waals surface area (Å²) in [5.74, 6) is 0. The lowest BCUT2D eigenvalue weighted by molar-refractivity contribution is -0.137. The van der Waals surface area contributed by atoms with E-state index in [0.29, 0.717) is 5.69 Å². The predicted octanol–water partition coefficient (Wildman–Crippen LogP) is 3.34. The summed E-state index contributed by atoms with van der Waals surface area (Å²) in [4.78, 5) is 0. The lowest BCUT2D eigenvalue weighted by atomic mass is 10.1. The molecule has 0 atom stereocenters. The zero-order valence-electron chi connectivity index (χ0n) is 9.29. The molecule has 0 aliphatic carbocycles. The van der Waals surface area contributed by atoms with Gasteiger partial charge in [-0.1, -0.05) is 11.6 Å². The summed E-state index contributed by atoms with van der Waals surface area (Å²) in [6.45, 7) is 0. The van der Waals surface area contributed by atoms with Crippen molar-refractivity contribution in [2.75, 3.05) is 5.73 Å². The smallest absolute Gasteiger partial charge is 0.396 e. The molecule has 0 radical (unpaired) electrons. The van der Waals surface area contributed by atoms with Crippen molar-refractivity contribution in [2.24, 2.45) is 7.05 Å². The molecule has 0 aliphatic rings. The number of halogens is 4. The molecule has 18 heavy (non-hydrogen) atoms. The lowest BCUT2D eigenvalue weighted by Crippen LogP contribution is -2.06. The highest BCUT2D eigenvalue weighted by Gasteiger charge is 2.31. The number of anilines is 1. The second-order valence-corrected chi connectivity index (χ2v) is 4.17. The van der Waals surface area contributed by atoms with E-state index in [1.165, 1.54) is 16.9 Å². The zero-order chi connectivity index (χ0) is 13.5. The molecular weight excluding hydrogens is 267 g/mol. The van der Waals surface area contributed by atoms with Crippen LogP contribution >= 0.6 is 11.6 Å². The standard InChI is InChI=1S/C11H9ClF3N3/c1-18-10(9(16)5-17-18)7-4-6(11(13,14)15)2-3-8(7)12/h2-5H,16H2,1H3. The molecule has 2 aromatic rings. The van der Waals surface area contributed by atoms with E-state index >= 15 is 0 Å². The van der Waals surface area contributed by atoms with Crippen molar-refractivity contribution in [1.82, 2.24) is 9.78 Å². The van der Waals surface area contributed by atoms with Crippen molar-refractivity contribution in [1.29, 1.82) is 0 Å². The van der Waals surface area contributed by atoms with Gasteiger partial charge in [0.2, 0.25) is 0 Å². The van der Waals surface area contributed by atoms with Gasteiger partial charge >= 0.3 is 6.18 Å². The number of rotatable bonds is 1. The van der Waals surface area contributed by atoms with Crippen LogP contribution in [0.5, 0.6) is 0 Å². The summed E-state index contributed by atoms with van der Waals surface area (Å²) in [6.07, 6.45) is -3.06. The molecular formula is C11H9ClF3N3. The number of nitrogen functional groups attached to an aromatic ring is 1. The van der Waals surface area contributed by atoms with Crippen molar-refractivity contribution >= 4 is 17.3 Å². The van der Waals surface area contributed by atoms with Crippen LogP contribution < -0.4 is 5.73 Å². The fraction of sp³-hybridized carbons (Fsp3) is 0.182. The van der Waals surface area contributed by atoms with Crippen molar-refractivity contribution in [3.63, 3.8) is 0 Å². The number of nitrogens with two attached hydrogens (primary N) is 1. The topological polar surface area (TPSA) is 43.8 Å². The monoisotopic (exact) mass is 275 g/mol. The second-order valence-electron chi connectivity index (χ2n) is 3.76. The molecule has 1 heterocycles. The quantitative estimate of drug-likeness (QED) is 0.867. The highest BCUT2D eigenvalue weighted by atomic mass is 35.5. The van der Waals surface area contributed by atoms with E-state index in [-0.39, 0.29) is 16.3 Å². The Balaban J connectivity index is 2.65. The van der Waals surface area contributed by atoms with Gasteiger partial charge in [-0.25, -0.2) is 0 Å². The number of aromatic nitrogens is 2. The summed E-state index contributed by atoms with van der Waals surface area (Å²) in [5, 5.41) is 4.07. The molecule has 2 N–H and O–H groups in total. The summed E-state index contributed by atoms with van der Waals surface area (Å²) in [7, 11) is 1.59. The third kappa shape index (κ3) is 2.15. The van der Waals surface area contributed by atoms with Gasteiger partial charge in [-0.3, -0.25) is 4.68 Å². The largest absolute Gasteiger partial charge is 0.416 e. The maximum absolute atomic E-state index is 12.6. The molecule has 0 bridgehead atoms. The fourth-order valence-electron chi connectivity index (χ4n) is 1.67. The van der Waals surface area contributed by atoms with Gasteiger partial charge in [0, 0.05) is 12.6 Å². The summed E-state index contributed by atoms with van der Waals surface area (Å²) in [5.41, 5.74) is 5.76. The first-order valence-corrected chi connectivity index (χ1v) is 5.33. The predicted molar refractivity (Wildman–Crippen MR) is 63.1 cm³/mol. The molecule has 0 saturated heterocycles.